The Balaban J connectivity index is 3.57. The third kappa shape index (κ3) is 14.0. The molecular weight excluding hydrogens is 300 g/mol. The van der Waals surface area contributed by atoms with Gasteiger partial charge in [0.15, 0.2) is 6.29 Å². The highest BCUT2D eigenvalue weighted by molar-refractivity contribution is 5.78. The van der Waals surface area contributed by atoms with E-state index in [9.17, 15) is 4.79 Å². The van der Waals surface area contributed by atoms with Gasteiger partial charge in [-0.15, -0.1) is 0 Å². The summed E-state index contributed by atoms with van der Waals surface area (Å²) in [6.45, 7) is 11.0. The third-order valence-corrected chi connectivity index (χ3v) is 5.31. The van der Waals surface area contributed by atoms with Crippen LogP contribution in [0.5, 0.6) is 0 Å². The molecule has 24 heavy (non-hydrogen) atoms. The minimum atomic E-state index is -1.22. The first-order valence-corrected chi connectivity index (χ1v) is 9.96. The maximum atomic E-state index is 11.9. The summed E-state index contributed by atoms with van der Waals surface area (Å²) < 4.78 is 0. The summed E-state index contributed by atoms with van der Waals surface area (Å²) in [6.07, 6.45) is 10.7. The molecule has 144 valence electrons. The van der Waals surface area contributed by atoms with Crippen molar-refractivity contribution in [3.8, 4) is 0 Å². The molecule has 0 amide bonds. The highest BCUT2D eigenvalue weighted by Crippen LogP contribution is 2.29. The van der Waals surface area contributed by atoms with Crippen LogP contribution in [0.3, 0.4) is 0 Å². The van der Waals surface area contributed by atoms with Crippen LogP contribution < -0.4 is 0 Å². The monoisotopic (exact) mass is 342 g/mol. The Morgan fingerprint density at radius 1 is 0.792 bits per heavy atom. The van der Waals surface area contributed by atoms with Crippen molar-refractivity contribution >= 4 is 5.78 Å². The van der Waals surface area contributed by atoms with Gasteiger partial charge in [0, 0.05) is 19.3 Å². The van der Waals surface area contributed by atoms with E-state index in [4.69, 9.17) is 10.2 Å². The van der Waals surface area contributed by atoms with E-state index >= 15 is 0 Å². The molecule has 0 atom stereocenters. The largest absolute Gasteiger partial charge is 0.368 e. The number of aliphatic hydroxyl groups is 2. The van der Waals surface area contributed by atoms with Crippen LogP contribution >= 0.6 is 0 Å². The number of Topliss-reactive ketones (excluding diaryl/α,β-unsaturated/α-hetero) is 1. The van der Waals surface area contributed by atoms with E-state index in [0.717, 1.165) is 38.5 Å². The zero-order valence-corrected chi connectivity index (χ0v) is 16.9. The molecule has 2 N–H and O–H groups in total. The minimum Gasteiger partial charge on any atom is -0.368 e. The van der Waals surface area contributed by atoms with Crippen molar-refractivity contribution in [3.05, 3.63) is 0 Å². The number of hydrogen-bond donors (Lipinski definition) is 2. The van der Waals surface area contributed by atoms with Gasteiger partial charge in [0.2, 0.25) is 0 Å². The maximum absolute atomic E-state index is 11.9. The average Bonchev–Trinajstić information content (AvgIpc) is 2.45. The normalized spacial score (nSPS) is 12.8. The molecule has 0 saturated heterocycles. The molecule has 0 aromatic heterocycles. The van der Waals surface area contributed by atoms with Crippen LogP contribution in [0.15, 0.2) is 0 Å². The molecule has 0 aliphatic heterocycles. The van der Waals surface area contributed by atoms with Crippen LogP contribution in [-0.4, -0.2) is 22.3 Å². The second kappa shape index (κ2) is 12.0. The van der Waals surface area contributed by atoms with E-state index in [-0.39, 0.29) is 5.41 Å². The summed E-state index contributed by atoms with van der Waals surface area (Å²) in [5.74, 6) is 0.412. The van der Waals surface area contributed by atoms with E-state index in [1.165, 1.54) is 25.7 Å². The zero-order chi connectivity index (χ0) is 18.6. The summed E-state index contributed by atoms with van der Waals surface area (Å²) in [4.78, 5) is 11.9. The fourth-order valence-corrected chi connectivity index (χ4v) is 3.10. The minimum absolute atomic E-state index is 0.0373. The van der Waals surface area contributed by atoms with Gasteiger partial charge < -0.3 is 10.2 Å². The number of carbonyl (C=O) groups is 1. The molecule has 0 heterocycles. The first-order chi connectivity index (χ1) is 11.1. The predicted molar refractivity (Wildman–Crippen MR) is 102 cm³/mol. The molecule has 0 aliphatic carbocycles. The van der Waals surface area contributed by atoms with E-state index in [0.29, 0.717) is 24.0 Å². The number of aliphatic hydroxyl groups excluding tert-OH is 1. The van der Waals surface area contributed by atoms with Gasteiger partial charge in [-0.25, -0.2) is 0 Å². The van der Waals surface area contributed by atoms with Crippen molar-refractivity contribution in [1.29, 1.82) is 0 Å². The fourth-order valence-electron chi connectivity index (χ4n) is 3.10. The van der Waals surface area contributed by atoms with Crippen molar-refractivity contribution in [2.75, 3.05) is 0 Å². The Bertz CT molecular complexity index is 332. The van der Waals surface area contributed by atoms with Gasteiger partial charge in [0.1, 0.15) is 5.78 Å². The SMILES string of the molecule is CCC(C)(C)CCCCCC(=O)CCCCCC(C)(C)CC(O)O. The van der Waals surface area contributed by atoms with Gasteiger partial charge in [0.05, 0.1) is 0 Å². The smallest absolute Gasteiger partial charge is 0.151 e. The molecule has 3 heteroatoms. The Morgan fingerprint density at radius 3 is 1.67 bits per heavy atom. The molecule has 0 fully saturated rings. The van der Waals surface area contributed by atoms with Crippen LogP contribution in [-0.2, 0) is 4.79 Å². The Hall–Kier alpha value is -0.410. The summed E-state index contributed by atoms with van der Waals surface area (Å²) in [5.41, 5.74) is 0.411. The van der Waals surface area contributed by atoms with Gasteiger partial charge in [-0.05, 0) is 36.5 Å². The standard InChI is InChI=1S/C21H42O3/c1-6-20(2,3)15-11-7-9-13-18(22)14-10-8-12-16-21(4,5)17-19(23)24/h19,23-24H,6-17H2,1-5H3. The lowest BCUT2D eigenvalue weighted by Gasteiger charge is -2.25. The highest BCUT2D eigenvalue weighted by atomic mass is 16.5. The van der Waals surface area contributed by atoms with Crippen LogP contribution in [0, 0.1) is 10.8 Å². The van der Waals surface area contributed by atoms with Crippen molar-refractivity contribution in [3.63, 3.8) is 0 Å². The van der Waals surface area contributed by atoms with Crippen molar-refractivity contribution < 1.29 is 15.0 Å². The Kier molecular flexibility index (Phi) is 11.8. The van der Waals surface area contributed by atoms with Crippen LogP contribution in [0.2, 0.25) is 0 Å². The summed E-state index contributed by atoms with van der Waals surface area (Å²) in [6, 6.07) is 0. The molecule has 3 nitrogen and oxygen atoms in total. The van der Waals surface area contributed by atoms with E-state index in [1.807, 2.05) is 0 Å². The number of rotatable bonds is 15. The van der Waals surface area contributed by atoms with Crippen molar-refractivity contribution in [1.82, 2.24) is 0 Å². The molecule has 0 aromatic carbocycles. The zero-order valence-electron chi connectivity index (χ0n) is 16.9. The average molecular weight is 343 g/mol. The highest BCUT2D eigenvalue weighted by Gasteiger charge is 2.20. The summed E-state index contributed by atoms with van der Waals surface area (Å²) >= 11 is 0. The summed E-state index contributed by atoms with van der Waals surface area (Å²) in [5, 5.41) is 18.1. The second-order valence-electron chi connectivity index (χ2n) is 9.03. The number of hydrogen-bond acceptors (Lipinski definition) is 3. The fraction of sp³-hybridized carbons (Fsp3) is 0.952. The van der Waals surface area contributed by atoms with Gasteiger partial charge >= 0.3 is 0 Å². The molecule has 0 rings (SSSR count). The lowest BCUT2D eigenvalue weighted by molar-refractivity contribution is -0.119. The third-order valence-electron chi connectivity index (χ3n) is 5.31. The lowest BCUT2D eigenvalue weighted by Crippen LogP contribution is -2.20. The lowest BCUT2D eigenvalue weighted by atomic mass is 9.83. The molecular formula is C21H42O3. The molecule has 0 aromatic rings. The van der Waals surface area contributed by atoms with Gasteiger partial charge in [0.25, 0.3) is 0 Å². The van der Waals surface area contributed by atoms with Gasteiger partial charge in [-0.3, -0.25) is 4.79 Å². The first kappa shape index (κ1) is 23.6. The van der Waals surface area contributed by atoms with Crippen LogP contribution in [0.25, 0.3) is 0 Å². The van der Waals surface area contributed by atoms with Gasteiger partial charge in [-0.2, -0.15) is 0 Å². The molecule has 0 saturated carbocycles. The topological polar surface area (TPSA) is 57.5 Å². The van der Waals surface area contributed by atoms with Crippen LogP contribution in [0.4, 0.5) is 0 Å². The molecule has 0 unspecified atom stereocenters. The first-order valence-electron chi connectivity index (χ1n) is 9.96. The molecule has 0 spiro atoms. The van der Waals surface area contributed by atoms with Crippen molar-refractivity contribution in [2.45, 2.75) is 118 Å². The molecule has 0 bridgehead atoms. The number of ketones is 1. The van der Waals surface area contributed by atoms with Gasteiger partial charge in [-0.1, -0.05) is 66.7 Å². The number of unbranched alkanes of at least 4 members (excludes halogenated alkanes) is 4. The Morgan fingerprint density at radius 2 is 1.25 bits per heavy atom. The van der Waals surface area contributed by atoms with E-state index in [2.05, 4.69) is 34.6 Å². The molecule has 0 aliphatic rings. The predicted octanol–water partition coefficient (Wildman–Crippen LogP) is 5.62. The maximum Gasteiger partial charge on any atom is 0.151 e. The van der Waals surface area contributed by atoms with E-state index < -0.39 is 6.29 Å². The second-order valence-corrected chi connectivity index (χ2v) is 9.03. The quantitative estimate of drug-likeness (QED) is 0.300. The summed E-state index contributed by atoms with van der Waals surface area (Å²) in [7, 11) is 0. The Labute approximate surface area is 150 Å². The molecule has 0 radical (unpaired) electrons. The van der Waals surface area contributed by atoms with E-state index in [1.54, 1.807) is 0 Å². The van der Waals surface area contributed by atoms with Crippen molar-refractivity contribution in [2.24, 2.45) is 10.8 Å². The number of carbonyl (C=O) groups excluding carboxylic acids is 1. The van der Waals surface area contributed by atoms with Crippen LogP contribution in [0.1, 0.15) is 112 Å².